The van der Waals surface area contributed by atoms with Gasteiger partial charge in [0.15, 0.2) is 0 Å². The molecule has 0 spiro atoms. The Morgan fingerprint density at radius 1 is 0.396 bits per heavy atom. The van der Waals surface area contributed by atoms with Crippen LogP contribution < -0.4 is 4.90 Å². The van der Waals surface area contributed by atoms with Gasteiger partial charge in [0.05, 0.1) is 16.7 Å². The van der Waals surface area contributed by atoms with Crippen LogP contribution in [0, 0.1) is 0 Å². The van der Waals surface area contributed by atoms with E-state index in [9.17, 15) is 0 Å². The molecule has 2 aromatic heterocycles. The van der Waals surface area contributed by atoms with Crippen molar-refractivity contribution in [3.63, 3.8) is 0 Å². The highest BCUT2D eigenvalue weighted by atomic mass is 32.1. The van der Waals surface area contributed by atoms with Crippen molar-refractivity contribution in [2.24, 2.45) is 0 Å². The Balaban J connectivity index is 1.09. The number of thiophene rings is 1. The van der Waals surface area contributed by atoms with Gasteiger partial charge in [0.25, 0.3) is 0 Å². The number of hydrogen-bond donors (Lipinski definition) is 0. The summed E-state index contributed by atoms with van der Waals surface area (Å²) in [5.41, 5.74) is 9.43. The molecule has 0 aliphatic rings. The fraction of sp³-hybridized carbons (Fsp3) is 0. The summed E-state index contributed by atoms with van der Waals surface area (Å²) in [5, 5.41) is 10.1. The molecule has 11 rings (SSSR count). The van der Waals surface area contributed by atoms with Crippen molar-refractivity contribution >= 4 is 91.9 Å². The Hall–Kier alpha value is -6.68. The van der Waals surface area contributed by atoms with Crippen LogP contribution in [0.25, 0.3) is 80.3 Å². The van der Waals surface area contributed by atoms with Crippen molar-refractivity contribution in [2.45, 2.75) is 0 Å². The van der Waals surface area contributed by atoms with Crippen molar-refractivity contribution in [3.8, 4) is 16.8 Å². The molecule has 11 aromatic rings. The average Bonchev–Trinajstić information content (AvgIpc) is 3.78. The molecule has 2 nitrogen and oxygen atoms in total. The van der Waals surface area contributed by atoms with Crippen LogP contribution in [-0.2, 0) is 0 Å². The summed E-state index contributed by atoms with van der Waals surface area (Å²) in [6, 6.07) is 70.9. The lowest BCUT2D eigenvalue weighted by Crippen LogP contribution is -2.11. The van der Waals surface area contributed by atoms with Gasteiger partial charge in [-0.3, -0.25) is 0 Å². The molecule has 0 aliphatic carbocycles. The van der Waals surface area contributed by atoms with Gasteiger partial charge in [-0.1, -0.05) is 133 Å². The molecule has 0 atom stereocenters. The Kier molecular flexibility index (Phi) is 6.76. The van der Waals surface area contributed by atoms with Gasteiger partial charge >= 0.3 is 0 Å². The van der Waals surface area contributed by atoms with E-state index in [2.05, 4.69) is 204 Å². The van der Waals surface area contributed by atoms with Crippen LogP contribution in [-0.4, -0.2) is 4.57 Å². The Morgan fingerprint density at radius 3 is 1.72 bits per heavy atom. The summed E-state index contributed by atoms with van der Waals surface area (Å²) < 4.78 is 5.04. The zero-order valence-electron chi connectivity index (χ0n) is 28.8. The van der Waals surface area contributed by atoms with Crippen molar-refractivity contribution in [3.05, 3.63) is 194 Å². The van der Waals surface area contributed by atoms with Crippen molar-refractivity contribution in [1.29, 1.82) is 0 Å². The summed E-state index contributed by atoms with van der Waals surface area (Å²) in [7, 11) is 0. The number of benzene rings is 9. The van der Waals surface area contributed by atoms with Crippen LogP contribution >= 0.6 is 11.3 Å². The highest BCUT2D eigenvalue weighted by molar-refractivity contribution is 7.26. The third-order valence-corrected chi connectivity index (χ3v) is 12.0. The van der Waals surface area contributed by atoms with Crippen molar-refractivity contribution in [2.75, 3.05) is 4.90 Å². The van der Waals surface area contributed by atoms with Crippen molar-refractivity contribution in [1.82, 2.24) is 4.57 Å². The summed E-state index contributed by atoms with van der Waals surface area (Å²) in [5.74, 6) is 0. The molecule has 0 bridgehead atoms. The van der Waals surface area contributed by atoms with E-state index in [0.717, 1.165) is 22.7 Å². The highest BCUT2D eigenvalue weighted by Gasteiger charge is 2.19. The number of anilines is 3. The van der Waals surface area contributed by atoms with Gasteiger partial charge in [-0.05, 0) is 87.9 Å². The SMILES string of the molecule is c1ccc2c(c1)ccc1cccc(N(c3ccc(-c4cccc5c4sc4ccccc45)cc3)c3ccc(-n4c5ccccc5c5ccccc54)cc3)c12. The number of fused-ring (bicyclic) bond motifs is 9. The van der Waals surface area contributed by atoms with Gasteiger partial charge in [0, 0.05) is 53.4 Å². The molecule has 0 saturated heterocycles. The molecule has 248 valence electrons. The maximum Gasteiger partial charge on any atom is 0.0546 e. The minimum absolute atomic E-state index is 1.11. The molecule has 0 aliphatic heterocycles. The number of nitrogens with zero attached hydrogens (tertiary/aromatic N) is 2. The van der Waals surface area contributed by atoms with E-state index in [-0.39, 0.29) is 0 Å². The van der Waals surface area contributed by atoms with Gasteiger partial charge in [0.2, 0.25) is 0 Å². The highest BCUT2D eigenvalue weighted by Crippen LogP contribution is 2.44. The zero-order chi connectivity index (χ0) is 34.9. The fourth-order valence-corrected chi connectivity index (χ4v) is 9.61. The van der Waals surface area contributed by atoms with Crippen LogP contribution in [0.4, 0.5) is 17.1 Å². The first-order valence-electron chi connectivity index (χ1n) is 18.1. The average molecular weight is 693 g/mol. The smallest absolute Gasteiger partial charge is 0.0546 e. The van der Waals surface area contributed by atoms with Crippen LogP contribution in [0.2, 0.25) is 0 Å². The third-order valence-electron chi connectivity index (χ3n) is 10.8. The Bertz CT molecular complexity index is 3110. The molecule has 0 amide bonds. The van der Waals surface area contributed by atoms with Gasteiger partial charge < -0.3 is 9.47 Å². The molecule has 9 aromatic carbocycles. The lowest BCUT2D eigenvalue weighted by Gasteiger charge is -2.28. The number of aromatic nitrogens is 1. The van der Waals surface area contributed by atoms with Gasteiger partial charge in [-0.25, -0.2) is 0 Å². The maximum atomic E-state index is 2.42. The topological polar surface area (TPSA) is 8.17 Å². The van der Waals surface area contributed by atoms with E-state index in [1.807, 2.05) is 11.3 Å². The zero-order valence-corrected chi connectivity index (χ0v) is 29.6. The van der Waals surface area contributed by atoms with E-state index < -0.39 is 0 Å². The minimum atomic E-state index is 1.11. The second kappa shape index (κ2) is 11.9. The minimum Gasteiger partial charge on any atom is -0.310 e. The first-order chi connectivity index (χ1) is 26.3. The lowest BCUT2D eigenvalue weighted by atomic mass is 9.99. The quantitative estimate of drug-likeness (QED) is 0.163. The van der Waals surface area contributed by atoms with E-state index in [4.69, 9.17) is 0 Å². The first kappa shape index (κ1) is 30.0. The van der Waals surface area contributed by atoms with E-state index in [0.29, 0.717) is 0 Å². The van der Waals surface area contributed by atoms with Crippen LogP contribution in [0.3, 0.4) is 0 Å². The van der Waals surface area contributed by atoms with Gasteiger partial charge in [0.1, 0.15) is 0 Å². The Labute approximate surface area is 311 Å². The number of hydrogen-bond acceptors (Lipinski definition) is 2. The monoisotopic (exact) mass is 692 g/mol. The van der Waals surface area contributed by atoms with Crippen LogP contribution in [0.15, 0.2) is 194 Å². The van der Waals surface area contributed by atoms with Gasteiger partial charge in [-0.2, -0.15) is 0 Å². The lowest BCUT2D eigenvalue weighted by molar-refractivity contribution is 1.17. The molecule has 0 unspecified atom stereocenters. The summed E-state index contributed by atoms with van der Waals surface area (Å²) in [6.07, 6.45) is 0. The van der Waals surface area contributed by atoms with E-state index in [1.54, 1.807) is 0 Å². The molecular weight excluding hydrogens is 661 g/mol. The van der Waals surface area contributed by atoms with Crippen LogP contribution in [0.1, 0.15) is 0 Å². The predicted molar refractivity (Wildman–Crippen MR) is 229 cm³/mol. The first-order valence-corrected chi connectivity index (χ1v) is 18.9. The number of para-hydroxylation sites is 2. The fourth-order valence-electron chi connectivity index (χ4n) is 8.37. The summed E-state index contributed by atoms with van der Waals surface area (Å²) in [6.45, 7) is 0. The normalized spacial score (nSPS) is 11.8. The van der Waals surface area contributed by atoms with Crippen molar-refractivity contribution < 1.29 is 0 Å². The van der Waals surface area contributed by atoms with E-state index in [1.165, 1.54) is 74.6 Å². The van der Waals surface area contributed by atoms with Crippen LogP contribution in [0.5, 0.6) is 0 Å². The second-order valence-corrected chi connectivity index (χ2v) is 14.8. The molecule has 0 radical (unpaired) electrons. The standard InChI is InChI=1S/C50H32N2S/c1-2-13-39-33(11-1)23-24-35-12-9-21-47(49(35)39)51(36-27-25-34(26-28-36)40-17-10-18-44-43-16-5-8-22-48(43)53-50(40)44)37-29-31-38(32-30-37)52-45-19-6-3-14-41(45)42-15-4-7-20-46(42)52/h1-32H. The largest absolute Gasteiger partial charge is 0.310 e. The summed E-state index contributed by atoms with van der Waals surface area (Å²) in [4.78, 5) is 2.42. The molecule has 0 saturated carbocycles. The molecule has 0 N–H and O–H groups in total. The molecule has 0 fully saturated rings. The Morgan fingerprint density at radius 2 is 0.962 bits per heavy atom. The molecule has 53 heavy (non-hydrogen) atoms. The summed E-state index contributed by atoms with van der Waals surface area (Å²) >= 11 is 1.88. The molecule has 2 heterocycles. The maximum absolute atomic E-state index is 2.42. The van der Waals surface area contributed by atoms with E-state index >= 15 is 0 Å². The molecule has 3 heteroatoms. The third kappa shape index (κ3) is 4.71. The second-order valence-electron chi connectivity index (χ2n) is 13.7. The predicted octanol–water partition coefficient (Wildman–Crippen LogP) is 14.6. The van der Waals surface area contributed by atoms with Gasteiger partial charge in [-0.15, -0.1) is 11.3 Å². The molecular formula is C50H32N2S. The number of rotatable bonds is 5.